The normalized spacial score (nSPS) is 20.2. The summed E-state index contributed by atoms with van der Waals surface area (Å²) < 4.78 is 15.9. The zero-order valence-electron chi connectivity index (χ0n) is 16.0. The van der Waals surface area contributed by atoms with E-state index < -0.39 is 12.2 Å². The molecule has 7 nitrogen and oxygen atoms in total. The monoisotopic (exact) mass is 389 g/mol. The molecule has 2 N–H and O–H groups in total. The number of rotatable bonds is 3. The molecule has 2 aromatic heterocycles. The second kappa shape index (κ2) is 7.50. The minimum Gasteiger partial charge on any atom is -0.340 e. The van der Waals surface area contributed by atoms with Gasteiger partial charge in [0.15, 0.2) is 5.69 Å². The number of fused-ring (bicyclic) bond motifs is 1. The smallest absolute Gasteiger partial charge is 0.207 e. The van der Waals surface area contributed by atoms with Gasteiger partial charge in [0.2, 0.25) is 11.6 Å². The summed E-state index contributed by atoms with van der Waals surface area (Å²) in [4.78, 5) is 18.2. The van der Waals surface area contributed by atoms with Gasteiger partial charge in [0, 0.05) is 19.3 Å². The summed E-state index contributed by atoms with van der Waals surface area (Å²) in [5.74, 6) is 0.688. The average Bonchev–Trinajstić information content (AvgIpc) is 3.13. The number of hydrogen-bond donors (Lipinski definition) is 1. The Balaban J connectivity index is 1.84. The molecule has 4 rings (SSSR count). The molecule has 1 fully saturated rings. The van der Waals surface area contributed by atoms with Crippen LogP contribution < -0.4 is 10.6 Å². The first-order valence-electron chi connectivity index (χ1n) is 9.39. The summed E-state index contributed by atoms with van der Waals surface area (Å²) in [6.07, 6.45) is 0.884. The number of benzene rings is 1. The maximum atomic E-state index is 13.9. The Morgan fingerprint density at radius 3 is 2.62 bits per heavy atom. The van der Waals surface area contributed by atoms with Crippen molar-refractivity contribution in [3.63, 3.8) is 0 Å². The molecule has 1 aromatic carbocycles. The second-order valence-electron chi connectivity index (χ2n) is 7.21. The Morgan fingerprint density at radius 1 is 1.21 bits per heavy atom. The fraction of sp³-hybridized carbons (Fsp3) is 0.333. The topological polar surface area (TPSA) is 68.7 Å². The standard InChI is InChI=1S/C21H20FN7/c1-13(18-6-5-15(25-3)11-26-18)29-20-10-14(24-2)4-7-19(20)27-21(29)28-9-8-16(22)17(23)12-28/h4-7,10-11,13,16-17H,8-9,12,23H2,1H3/t13-,16+,17+/m0/s1. The molecule has 0 saturated carbocycles. The zero-order chi connectivity index (χ0) is 20.5. The van der Waals surface area contributed by atoms with Crippen molar-refractivity contribution in [3.8, 4) is 0 Å². The highest BCUT2D eigenvalue weighted by molar-refractivity contribution is 5.83. The first-order chi connectivity index (χ1) is 14.0. The number of imidazole rings is 1. The van der Waals surface area contributed by atoms with E-state index in [2.05, 4.69) is 14.7 Å². The van der Waals surface area contributed by atoms with Crippen LogP contribution in [0.1, 0.15) is 25.1 Å². The van der Waals surface area contributed by atoms with Crippen molar-refractivity contribution in [1.29, 1.82) is 0 Å². The third-order valence-corrected chi connectivity index (χ3v) is 5.35. The largest absolute Gasteiger partial charge is 0.340 e. The molecule has 3 aromatic rings. The quantitative estimate of drug-likeness (QED) is 0.687. The number of nitrogens with two attached hydrogens (primary N) is 1. The van der Waals surface area contributed by atoms with Gasteiger partial charge in [0.05, 0.1) is 42.0 Å². The number of nitrogens with zero attached hydrogens (tertiary/aromatic N) is 6. The van der Waals surface area contributed by atoms with Gasteiger partial charge < -0.3 is 15.2 Å². The van der Waals surface area contributed by atoms with Crippen molar-refractivity contribution in [3.05, 3.63) is 65.1 Å². The third kappa shape index (κ3) is 3.39. The number of aromatic nitrogens is 3. The van der Waals surface area contributed by atoms with Gasteiger partial charge in [-0.05, 0) is 31.5 Å². The van der Waals surface area contributed by atoms with Crippen LogP contribution in [-0.4, -0.2) is 39.8 Å². The first kappa shape index (κ1) is 18.9. The van der Waals surface area contributed by atoms with E-state index in [9.17, 15) is 4.39 Å². The number of halogens is 1. The highest BCUT2D eigenvalue weighted by atomic mass is 19.1. The third-order valence-electron chi connectivity index (χ3n) is 5.35. The summed E-state index contributed by atoms with van der Waals surface area (Å²) >= 11 is 0. The lowest BCUT2D eigenvalue weighted by atomic mass is 10.1. The molecule has 3 heterocycles. The van der Waals surface area contributed by atoms with Gasteiger partial charge >= 0.3 is 0 Å². The Bertz CT molecular complexity index is 1120. The first-order valence-corrected chi connectivity index (χ1v) is 9.39. The molecule has 8 heteroatoms. The number of piperidine rings is 1. The van der Waals surface area contributed by atoms with Crippen LogP contribution in [0.2, 0.25) is 0 Å². The van der Waals surface area contributed by atoms with Crippen LogP contribution in [-0.2, 0) is 0 Å². The van der Waals surface area contributed by atoms with E-state index >= 15 is 0 Å². The molecule has 3 atom stereocenters. The maximum Gasteiger partial charge on any atom is 0.207 e. The van der Waals surface area contributed by atoms with Crippen LogP contribution in [0.4, 0.5) is 21.7 Å². The SMILES string of the molecule is [C-]#[N+]c1ccc([C@H](C)n2c(N3CC[C@@H](F)[C@H](N)C3)nc3ccc([N+]#[C-])cc32)nc1. The zero-order valence-corrected chi connectivity index (χ0v) is 16.0. The van der Waals surface area contributed by atoms with Crippen molar-refractivity contribution in [1.82, 2.24) is 14.5 Å². The Hall–Kier alpha value is -3.49. The summed E-state index contributed by atoms with van der Waals surface area (Å²) in [6, 6.07) is 8.17. The molecular formula is C21H20FN7. The van der Waals surface area contributed by atoms with E-state index in [4.69, 9.17) is 23.9 Å². The Morgan fingerprint density at radius 2 is 1.97 bits per heavy atom. The summed E-state index contributed by atoms with van der Waals surface area (Å²) in [7, 11) is 0. The molecule has 0 radical (unpaired) electrons. The molecule has 1 aliphatic rings. The van der Waals surface area contributed by atoms with E-state index in [1.807, 2.05) is 34.6 Å². The van der Waals surface area contributed by atoms with Gasteiger partial charge in [-0.1, -0.05) is 12.1 Å². The van der Waals surface area contributed by atoms with Crippen molar-refractivity contribution in [2.75, 3.05) is 18.0 Å². The van der Waals surface area contributed by atoms with Crippen LogP contribution in [0, 0.1) is 13.1 Å². The van der Waals surface area contributed by atoms with E-state index in [1.165, 1.54) is 0 Å². The minimum absolute atomic E-state index is 0.199. The Kier molecular flexibility index (Phi) is 4.87. The highest BCUT2D eigenvalue weighted by Crippen LogP contribution is 2.33. The molecule has 1 aliphatic heterocycles. The predicted octanol–water partition coefficient (Wildman–Crippen LogP) is 4.02. The van der Waals surface area contributed by atoms with Crippen molar-refractivity contribution >= 4 is 28.4 Å². The lowest BCUT2D eigenvalue weighted by Gasteiger charge is -2.34. The fourth-order valence-corrected chi connectivity index (χ4v) is 3.72. The predicted molar refractivity (Wildman–Crippen MR) is 110 cm³/mol. The molecule has 0 bridgehead atoms. The van der Waals surface area contributed by atoms with Gasteiger partial charge in [-0.3, -0.25) is 4.98 Å². The molecular weight excluding hydrogens is 369 g/mol. The molecule has 0 spiro atoms. The Labute approximate surface area is 168 Å². The average molecular weight is 389 g/mol. The minimum atomic E-state index is -1.02. The van der Waals surface area contributed by atoms with Gasteiger partial charge in [0.1, 0.15) is 6.17 Å². The van der Waals surface area contributed by atoms with Crippen molar-refractivity contribution < 1.29 is 4.39 Å². The van der Waals surface area contributed by atoms with Crippen LogP contribution >= 0.6 is 0 Å². The van der Waals surface area contributed by atoms with Gasteiger partial charge in [0.25, 0.3) is 0 Å². The molecule has 146 valence electrons. The molecule has 29 heavy (non-hydrogen) atoms. The summed E-state index contributed by atoms with van der Waals surface area (Å²) in [5.41, 5.74) is 9.32. The number of anilines is 1. The number of pyridine rings is 1. The molecule has 1 saturated heterocycles. The van der Waals surface area contributed by atoms with Crippen molar-refractivity contribution in [2.24, 2.45) is 5.73 Å². The van der Waals surface area contributed by atoms with E-state index in [0.29, 0.717) is 36.8 Å². The highest BCUT2D eigenvalue weighted by Gasteiger charge is 2.30. The summed E-state index contributed by atoms with van der Waals surface area (Å²) in [5, 5.41) is 0. The lowest BCUT2D eigenvalue weighted by Crippen LogP contribution is -2.50. The van der Waals surface area contributed by atoms with Crippen molar-refractivity contribution in [2.45, 2.75) is 31.6 Å². The van der Waals surface area contributed by atoms with E-state index in [0.717, 1.165) is 16.7 Å². The molecule has 0 unspecified atom stereocenters. The van der Waals surface area contributed by atoms with Crippen LogP contribution in [0.5, 0.6) is 0 Å². The van der Waals surface area contributed by atoms with Gasteiger partial charge in [-0.15, -0.1) is 0 Å². The van der Waals surface area contributed by atoms with Crippen LogP contribution in [0.3, 0.4) is 0 Å². The second-order valence-corrected chi connectivity index (χ2v) is 7.21. The molecule has 0 aliphatic carbocycles. The van der Waals surface area contributed by atoms with E-state index in [-0.39, 0.29) is 6.04 Å². The summed E-state index contributed by atoms with van der Waals surface area (Å²) in [6.45, 7) is 17.3. The van der Waals surface area contributed by atoms with E-state index in [1.54, 1.807) is 18.3 Å². The maximum absolute atomic E-state index is 13.9. The number of hydrogen-bond acceptors (Lipinski definition) is 4. The van der Waals surface area contributed by atoms with Crippen LogP contribution in [0.15, 0.2) is 36.5 Å². The van der Waals surface area contributed by atoms with Gasteiger partial charge in [-0.2, -0.15) is 0 Å². The van der Waals surface area contributed by atoms with Crippen LogP contribution in [0.25, 0.3) is 20.7 Å². The van der Waals surface area contributed by atoms with Gasteiger partial charge in [-0.25, -0.2) is 19.1 Å². The lowest BCUT2D eigenvalue weighted by molar-refractivity contribution is 0.243. The number of alkyl halides is 1. The fourth-order valence-electron chi connectivity index (χ4n) is 3.72. The molecule has 0 amide bonds.